The van der Waals surface area contributed by atoms with E-state index >= 15 is 0 Å². The Hall–Kier alpha value is -1.00. The van der Waals surface area contributed by atoms with Crippen LogP contribution in [-0.2, 0) is 24.1 Å². The molecular formula is C19H19BrN2O3S3. The minimum absolute atomic E-state index is 0.00438. The number of fused-ring (bicyclic) bond motifs is 3. The first-order valence-electron chi connectivity index (χ1n) is 9.04. The Morgan fingerprint density at radius 1 is 1.32 bits per heavy atom. The Morgan fingerprint density at radius 2 is 2.14 bits per heavy atom. The lowest BCUT2D eigenvalue weighted by molar-refractivity contribution is 0.102. The van der Waals surface area contributed by atoms with Crippen molar-refractivity contribution in [2.24, 2.45) is 0 Å². The molecule has 0 atom stereocenters. The quantitative estimate of drug-likeness (QED) is 0.266. The van der Waals surface area contributed by atoms with Gasteiger partial charge in [-0.25, -0.2) is 4.98 Å². The molecule has 28 heavy (non-hydrogen) atoms. The fourth-order valence-corrected chi connectivity index (χ4v) is 7.00. The van der Waals surface area contributed by atoms with Crippen LogP contribution in [0.3, 0.4) is 0 Å². The van der Waals surface area contributed by atoms with Gasteiger partial charge in [0.25, 0.3) is 5.56 Å². The second kappa shape index (κ2) is 8.79. The summed E-state index contributed by atoms with van der Waals surface area (Å²) in [5.41, 5.74) is 1.18. The normalized spacial score (nSPS) is 13.8. The number of hydrogen-bond donors (Lipinski definition) is 0. The van der Waals surface area contributed by atoms with Crippen LogP contribution >= 0.6 is 50.4 Å². The zero-order chi connectivity index (χ0) is 19.7. The molecule has 3 aromatic rings. The summed E-state index contributed by atoms with van der Waals surface area (Å²) >= 11 is 7.78. The van der Waals surface area contributed by atoms with Gasteiger partial charge in [0.05, 0.1) is 33.0 Å². The molecule has 0 bridgehead atoms. The molecule has 148 valence electrons. The molecule has 0 aromatic carbocycles. The summed E-state index contributed by atoms with van der Waals surface area (Å²) in [6, 6.07) is 3.69. The molecule has 0 aliphatic heterocycles. The Balaban J connectivity index is 1.69. The first-order chi connectivity index (χ1) is 13.6. The van der Waals surface area contributed by atoms with Crippen molar-refractivity contribution in [3.63, 3.8) is 0 Å². The lowest BCUT2D eigenvalue weighted by Gasteiger charge is -2.13. The third-order valence-electron chi connectivity index (χ3n) is 4.74. The van der Waals surface area contributed by atoms with Crippen LogP contribution in [0.15, 0.2) is 25.9 Å². The molecule has 0 saturated heterocycles. The number of halogens is 1. The van der Waals surface area contributed by atoms with Crippen molar-refractivity contribution >= 4 is 66.4 Å². The zero-order valence-electron chi connectivity index (χ0n) is 15.3. The Kier molecular flexibility index (Phi) is 6.37. The van der Waals surface area contributed by atoms with Gasteiger partial charge < -0.3 is 4.74 Å². The van der Waals surface area contributed by atoms with Gasteiger partial charge in [-0.2, -0.15) is 0 Å². The molecule has 3 heterocycles. The van der Waals surface area contributed by atoms with Gasteiger partial charge in [-0.1, -0.05) is 11.8 Å². The maximum absolute atomic E-state index is 13.3. The van der Waals surface area contributed by atoms with Gasteiger partial charge in [0.15, 0.2) is 10.9 Å². The van der Waals surface area contributed by atoms with E-state index in [2.05, 4.69) is 15.9 Å². The van der Waals surface area contributed by atoms with Crippen LogP contribution in [0.1, 0.15) is 33.0 Å². The zero-order valence-corrected chi connectivity index (χ0v) is 19.4. The van der Waals surface area contributed by atoms with Gasteiger partial charge in [0.1, 0.15) is 4.83 Å². The van der Waals surface area contributed by atoms with Crippen LogP contribution in [0.4, 0.5) is 0 Å². The molecule has 3 aromatic heterocycles. The molecule has 0 radical (unpaired) electrons. The van der Waals surface area contributed by atoms with E-state index in [1.165, 1.54) is 40.0 Å². The van der Waals surface area contributed by atoms with Crippen molar-refractivity contribution in [2.45, 2.75) is 37.4 Å². The molecule has 0 spiro atoms. The van der Waals surface area contributed by atoms with E-state index in [1.807, 2.05) is 12.1 Å². The van der Waals surface area contributed by atoms with Gasteiger partial charge in [-0.3, -0.25) is 14.2 Å². The number of carbonyl (C=O) groups is 1. The van der Waals surface area contributed by atoms with Crippen LogP contribution in [0.5, 0.6) is 0 Å². The average Bonchev–Trinajstić information content (AvgIpc) is 3.29. The van der Waals surface area contributed by atoms with Crippen LogP contribution in [0.2, 0.25) is 0 Å². The molecule has 0 fully saturated rings. The fourth-order valence-electron chi connectivity index (χ4n) is 3.38. The van der Waals surface area contributed by atoms with E-state index in [9.17, 15) is 9.59 Å². The van der Waals surface area contributed by atoms with E-state index in [4.69, 9.17) is 9.72 Å². The average molecular weight is 499 g/mol. The van der Waals surface area contributed by atoms with Crippen LogP contribution in [-0.4, -0.2) is 34.8 Å². The lowest BCUT2D eigenvalue weighted by Crippen LogP contribution is -2.26. The largest absolute Gasteiger partial charge is 0.383 e. The summed E-state index contributed by atoms with van der Waals surface area (Å²) in [5, 5.41) is 1.37. The van der Waals surface area contributed by atoms with Crippen molar-refractivity contribution in [1.82, 2.24) is 9.55 Å². The van der Waals surface area contributed by atoms with Crippen molar-refractivity contribution in [3.05, 3.63) is 41.6 Å². The van der Waals surface area contributed by atoms with Crippen molar-refractivity contribution < 1.29 is 9.53 Å². The first kappa shape index (κ1) is 20.3. The number of ether oxygens (including phenoxy) is 1. The molecule has 0 unspecified atom stereocenters. The highest BCUT2D eigenvalue weighted by atomic mass is 79.9. The second-order valence-electron chi connectivity index (χ2n) is 6.55. The van der Waals surface area contributed by atoms with Crippen molar-refractivity contribution in [2.75, 3.05) is 19.5 Å². The predicted octanol–water partition coefficient (Wildman–Crippen LogP) is 4.78. The van der Waals surface area contributed by atoms with E-state index in [1.54, 1.807) is 23.0 Å². The number of nitrogens with zero attached hydrogens (tertiary/aromatic N) is 2. The van der Waals surface area contributed by atoms with Gasteiger partial charge in [-0.05, 0) is 59.3 Å². The summed E-state index contributed by atoms with van der Waals surface area (Å²) in [6.45, 7) is 0.864. The molecule has 1 aliphatic rings. The highest BCUT2D eigenvalue weighted by Crippen LogP contribution is 2.35. The van der Waals surface area contributed by atoms with E-state index in [0.29, 0.717) is 23.2 Å². The number of carbonyl (C=O) groups excluding carboxylic acids is 1. The maximum Gasteiger partial charge on any atom is 0.263 e. The van der Waals surface area contributed by atoms with Gasteiger partial charge in [0, 0.05) is 12.0 Å². The van der Waals surface area contributed by atoms with Crippen LogP contribution in [0, 0.1) is 0 Å². The third-order valence-corrected chi connectivity index (χ3v) is 8.57. The first-order valence-corrected chi connectivity index (χ1v) is 12.4. The number of hydrogen-bond acceptors (Lipinski definition) is 7. The standard InChI is InChI=1S/C19H19BrN2O3S3/c1-25-9-8-22-18(24)16-11-4-2-3-5-13(11)28-17(16)21-19(22)26-10-12(23)14-6-7-15(20)27-14/h6-7H,2-5,8-10H2,1H3. The minimum Gasteiger partial charge on any atom is -0.383 e. The number of rotatable bonds is 7. The smallest absolute Gasteiger partial charge is 0.263 e. The van der Waals surface area contributed by atoms with Crippen molar-refractivity contribution in [3.8, 4) is 0 Å². The summed E-state index contributed by atoms with van der Waals surface area (Å²) in [6.07, 6.45) is 4.28. The van der Waals surface area contributed by atoms with Gasteiger partial charge >= 0.3 is 0 Å². The van der Waals surface area contributed by atoms with Gasteiger partial charge in [-0.15, -0.1) is 22.7 Å². The predicted molar refractivity (Wildman–Crippen MR) is 119 cm³/mol. The Morgan fingerprint density at radius 3 is 2.89 bits per heavy atom. The molecule has 4 rings (SSSR count). The van der Waals surface area contributed by atoms with E-state index in [-0.39, 0.29) is 17.1 Å². The number of thioether (sulfide) groups is 1. The Labute approximate surface area is 183 Å². The molecule has 1 aliphatic carbocycles. The van der Waals surface area contributed by atoms with Crippen LogP contribution in [0.25, 0.3) is 10.2 Å². The summed E-state index contributed by atoms with van der Waals surface area (Å²) < 4.78 is 7.80. The van der Waals surface area contributed by atoms with Crippen LogP contribution < -0.4 is 5.56 Å². The monoisotopic (exact) mass is 498 g/mol. The highest BCUT2D eigenvalue weighted by Gasteiger charge is 2.22. The van der Waals surface area contributed by atoms with E-state index in [0.717, 1.165) is 33.3 Å². The summed E-state index contributed by atoms with van der Waals surface area (Å²) in [7, 11) is 1.62. The summed E-state index contributed by atoms with van der Waals surface area (Å²) in [5.74, 6) is 0.294. The molecular weight excluding hydrogens is 480 g/mol. The molecule has 9 heteroatoms. The molecule has 0 N–H and O–H groups in total. The lowest BCUT2D eigenvalue weighted by atomic mass is 9.97. The SMILES string of the molecule is COCCn1c(SCC(=O)c2ccc(Br)s2)nc2sc3c(c2c1=O)CCCC3. The Bertz CT molecular complexity index is 1090. The molecule has 5 nitrogen and oxygen atoms in total. The summed E-state index contributed by atoms with van der Waals surface area (Å²) in [4.78, 5) is 33.4. The third kappa shape index (κ3) is 4.00. The number of methoxy groups -OCH3 is 1. The number of ketones is 1. The maximum atomic E-state index is 13.3. The molecule has 0 amide bonds. The van der Waals surface area contributed by atoms with E-state index < -0.39 is 0 Å². The highest BCUT2D eigenvalue weighted by molar-refractivity contribution is 9.11. The topological polar surface area (TPSA) is 61.2 Å². The van der Waals surface area contributed by atoms with Crippen molar-refractivity contribution in [1.29, 1.82) is 0 Å². The number of aromatic nitrogens is 2. The number of thiophene rings is 2. The minimum atomic E-state index is -0.00438. The fraction of sp³-hybridized carbons (Fsp3) is 0.421. The molecule has 0 saturated carbocycles. The number of aryl methyl sites for hydroxylation is 2. The number of Topliss-reactive ketones (excluding diaryl/α,β-unsaturated/α-hetero) is 1. The van der Waals surface area contributed by atoms with Gasteiger partial charge in [0.2, 0.25) is 0 Å². The second-order valence-corrected chi connectivity index (χ2v) is 11.0.